The highest BCUT2D eigenvalue weighted by atomic mass is 16.2. The van der Waals surface area contributed by atoms with Crippen molar-refractivity contribution in [3.05, 3.63) is 30.1 Å². The summed E-state index contributed by atoms with van der Waals surface area (Å²) >= 11 is 0. The van der Waals surface area contributed by atoms with E-state index in [0.29, 0.717) is 19.5 Å². The molecule has 1 atom stereocenters. The Labute approximate surface area is 112 Å². The van der Waals surface area contributed by atoms with Gasteiger partial charge in [0.1, 0.15) is 6.04 Å². The second-order valence-electron chi connectivity index (χ2n) is 4.45. The van der Waals surface area contributed by atoms with Gasteiger partial charge in [-0.25, -0.2) is 0 Å². The summed E-state index contributed by atoms with van der Waals surface area (Å²) in [6.45, 7) is 1.78. The molecule has 6 nitrogen and oxygen atoms in total. The number of nitrogens with one attached hydrogen (secondary N) is 2. The lowest BCUT2D eigenvalue weighted by Crippen LogP contribution is -2.59. The van der Waals surface area contributed by atoms with Gasteiger partial charge in [-0.1, -0.05) is 0 Å². The number of hydrogen-bond acceptors (Lipinski definition) is 4. The predicted molar refractivity (Wildman–Crippen MR) is 70.4 cm³/mol. The molecule has 2 amide bonds. The van der Waals surface area contributed by atoms with Gasteiger partial charge >= 0.3 is 0 Å². The van der Waals surface area contributed by atoms with Crippen LogP contribution in [0, 0.1) is 0 Å². The van der Waals surface area contributed by atoms with Crippen LogP contribution in [0.4, 0.5) is 0 Å². The number of carbonyl (C=O) groups is 2. The molecule has 1 unspecified atom stereocenters. The Morgan fingerprint density at radius 3 is 2.89 bits per heavy atom. The Morgan fingerprint density at radius 2 is 2.21 bits per heavy atom. The van der Waals surface area contributed by atoms with E-state index in [1.165, 1.54) is 0 Å². The number of amides is 2. The number of carbonyl (C=O) groups excluding carboxylic acids is 2. The zero-order chi connectivity index (χ0) is 13.7. The molecular formula is C13H18N4O2. The first-order chi connectivity index (χ1) is 9.22. The second kappa shape index (κ2) is 6.29. The van der Waals surface area contributed by atoms with Gasteiger partial charge in [-0.05, 0) is 17.7 Å². The first-order valence-corrected chi connectivity index (χ1v) is 6.33. The molecule has 0 radical (unpaired) electrons. The third-order valence-electron chi connectivity index (χ3n) is 3.22. The number of nitrogens with zero attached hydrogens (tertiary/aromatic N) is 2. The van der Waals surface area contributed by atoms with E-state index in [1.807, 2.05) is 12.1 Å². The van der Waals surface area contributed by atoms with Crippen LogP contribution in [0.25, 0.3) is 0 Å². The Kier molecular flexibility index (Phi) is 4.46. The van der Waals surface area contributed by atoms with Crippen LogP contribution in [0.2, 0.25) is 0 Å². The van der Waals surface area contributed by atoms with Crippen LogP contribution in [0.1, 0.15) is 5.56 Å². The molecule has 2 rings (SSSR count). The van der Waals surface area contributed by atoms with Gasteiger partial charge < -0.3 is 15.5 Å². The summed E-state index contributed by atoms with van der Waals surface area (Å²) < 4.78 is 0. The van der Waals surface area contributed by atoms with Crippen LogP contribution in [0.5, 0.6) is 0 Å². The molecule has 1 aromatic heterocycles. The molecule has 1 aliphatic rings. The van der Waals surface area contributed by atoms with Crippen LogP contribution in [0.3, 0.4) is 0 Å². The highest BCUT2D eigenvalue weighted by molar-refractivity contribution is 5.88. The van der Waals surface area contributed by atoms with Crippen LogP contribution >= 0.6 is 0 Å². The zero-order valence-corrected chi connectivity index (χ0v) is 10.9. The number of aromatic nitrogens is 1. The average Bonchev–Trinajstić information content (AvgIpc) is 2.47. The SMILES string of the molecule is CNC(=O)C1CNCCN1C(=O)Cc1ccncc1. The normalized spacial score (nSPS) is 19.0. The molecule has 1 aromatic rings. The lowest BCUT2D eigenvalue weighted by atomic mass is 10.1. The Morgan fingerprint density at radius 1 is 1.47 bits per heavy atom. The van der Waals surface area contributed by atoms with Crippen LogP contribution in [-0.4, -0.2) is 54.4 Å². The van der Waals surface area contributed by atoms with Crippen LogP contribution < -0.4 is 10.6 Å². The van der Waals surface area contributed by atoms with Crippen molar-refractivity contribution in [3.8, 4) is 0 Å². The molecule has 102 valence electrons. The summed E-state index contributed by atoms with van der Waals surface area (Å²) in [4.78, 5) is 29.6. The summed E-state index contributed by atoms with van der Waals surface area (Å²) in [6, 6.07) is 3.21. The molecule has 1 aliphatic heterocycles. The minimum Gasteiger partial charge on any atom is -0.357 e. The third-order valence-corrected chi connectivity index (χ3v) is 3.22. The minimum absolute atomic E-state index is 0.0266. The number of pyridine rings is 1. The first-order valence-electron chi connectivity index (χ1n) is 6.33. The average molecular weight is 262 g/mol. The van der Waals surface area contributed by atoms with Gasteiger partial charge in [0, 0.05) is 39.1 Å². The Hall–Kier alpha value is -1.95. The van der Waals surface area contributed by atoms with Crippen molar-refractivity contribution in [2.45, 2.75) is 12.5 Å². The van der Waals surface area contributed by atoms with Crippen molar-refractivity contribution in [1.82, 2.24) is 20.5 Å². The predicted octanol–water partition coefficient (Wildman–Crippen LogP) is -0.829. The number of likely N-dealkylation sites (N-methyl/N-ethyl adjacent to an activating group) is 1. The van der Waals surface area contributed by atoms with E-state index < -0.39 is 6.04 Å². The van der Waals surface area contributed by atoms with Crippen molar-refractivity contribution in [2.75, 3.05) is 26.7 Å². The minimum atomic E-state index is -0.423. The molecule has 1 saturated heterocycles. The highest BCUT2D eigenvalue weighted by Gasteiger charge is 2.31. The summed E-state index contributed by atoms with van der Waals surface area (Å²) in [5.41, 5.74) is 0.911. The summed E-state index contributed by atoms with van der Waals surface area (Å²) in [5.74, 6) is -0.156. The second-order valence-corrected chi connectivity index (χ2v) is 4.45. The van der Waals surface area contributed by atoms with E-state index in [1.54, 1.807) is 24.3 Å². The number of piperazine rings is 1. The summed E-state index contributed by atoms with van der Waals surface area (Å²) in [5, 5.41) is 5.73. The topological polar surface area (TPSA) is 74.3 Å². The fourth-order valence-corrected chi connectivity index (χ4v) is 2.18. The van der Waals surface area contributed by atoms with Crippen molar-refractivity contribution in [3.63, 3.8) is 0 Å². The van der Waals surface area contributed by atoms with Gasteiger partial charge in [0.15, 0.2) is 0 Å². The monoisotopic (exact) mass is 262 g/mol. The third kappa shape index (κ3) is 3.29. The largest absolute Gasteiger partial charge is 0.357 e. The summed E-state index contributed by atoms with van der Waals surface area (Å²) in [7, 11) is 1.59. The first kappa shape index (κ1) is 13.5. The van der Waals surface area contributed by atoms with E-state index >= 15 is 0 Å². The molecule has 0 aliphatic carbocycles. The van der Waals surface area contributed by atoms with Crippen LogP contribution in [-0.2, 0) is 16.0 Å². The molecule has 2 N–H and O–H groups in total. The molecule has 1 fully saturated rings. The standard InChI is InChI=1S/C13H18N4O2/c1-14-13(19)11-9-16-6-7-17(11)12(18)8-10-2-4-15-5-3-10/h2-5,11,16H,6-9H2,1H3,(H,14,19). The highest BCUT2D eigenvalue weighted by Crippen LogP contribution is 2.08. The van der Waals surface area contributed by atoms with Gasteiger partial charge in [-0.3, -0.25) is 14.6 Å². The van der Waals surface area contributed by atoms with Crippen LogP contribution in [0.15, 0.2) is 24.5 Å². The zero-order valence-electron chi connectivity index (χ0n) is 10.9. The molecule has 19 heavy (non-hydrogen) atoms. The van der Waals surface area contributed by atoms with Crippen molar-refractivity contribution >= 4 is 11.8 Å². The van der Waals surface area contributed by atoms with Gasteiger partial charge in [0.05, 0.1) is 6.42 Å². The molecule has 0 aromatic carbocycles. The molecule has 0 saturated carbocycles. The van der Waals surface area contributed by atoms with Gasteiger partial charge in [0.2, 0.25) is 11.8 Å². The maximum Gasteiger partial charge on any atom is 0.243 e. The quantitative estimate of drug-likeness (QED) is 0.745. The maximum atomic E-state index is 12.3. The number of hydrogen-bond donors (Lipinski definition) is 2. The molecule has 2 heterocycles. The molecule has 0 bridgehead atoms. The molecular weight excluding hydrogens is 244 g/mol. The molecule has 6 heteroatoms. The smallest absolute Gasteiger partial charge is 0.243 e. The van der Waals surface area contributed by atoms with Gasteiger partial charge in [0.25, 0.3) is 0 Å². The van der Waals surface area contributed by atoms with E-state index in [0.717, 1.165) is 12.1 Å². The molecule has 0 spiro atoms. The van der Waals surface area contributed by atoms with Gasteiger partial charge in [-0.15, -0.1) is 0 Å². The Bertz CT molecular complexity index is 449. The van der Waals surface area contributed by atoms with Crippen molar-refractivity contribution < 1.29 is 9.59 Å². The summed E-state index contributed by atoms with van der Waals surface area (Å²) in [6.07, 6.45) is 3.63. The Balaban J connectivity index is 2.05. The van der Waals surface area contributed by atoms with Crippen molar-refractivity contribution in [2.24, 2.45) is 0 Å². The van der Waals surface area contributed by atoms with E-state index in [4.69, 9.17) is 0 Å². The lowest BCUT2D eigenvalue weighted by Gasteiger charge is -2.35. The van der Waals surface area contributed by atoms with E-state index in [2.05, 4.69) is 15.6 Å². The number of rotatable bonds is 3. The fourth-order valence-electron chi connectivity index (χ4n) is 2.18. The fraction of sp³-hybridized carbons (Fsp3) is 0.462. The van der Waals surface area contributed by atoms with Crippen molar-refractivity contribution in [1.29, 1.82) is 0 Å². The van der Waals surface area contributed by atoms with E-state index in [-0.39, 0.29) is 11.8 Å². The van der Waals surface area contributed by atoms with E-state index in [9.17, 15) is 9.59 Å². The maximum absolute atomic E-state index is 12.3. The van der Waals surface area contributed by atoms with Gasteiger partial charge in [-0.2, -0.15) is 0 Å². The lowest BCUT2D eigenvalue weighted by molar-refractivity contribution is -0.140.